The van der Waals surface area contributed by atoms with Crippen LogP contribution in [0.25, 0.3) is 0 Å². The summed E-state index contributed by atoms with van der Waals surface area (Å²) in [6.07, 6.45) is -2.72. The van der Waals surface area contributed by atoms with Crippen LogP contribution in [0.15, 0.2) is 0 Å². The Morgan fingerprint density at radius 2 is 0.811 bits per heavy atom. The van der Waals surface area contributed by atoms with Gasteiger partial charge in [0.1, 0.15) is 23.7 Å². The summed E-state index contributed by atoms with van der Waals surface area (Å²) in [5, 5.41) is 62.9. The summed E-state index contributed by atoms with van der Waals surface area (Å²) in [6.45, 7) is 0. The van der Waals surface area contributed by atoms with E-state index in [0.717, 1.165) is 0 Å². The van der Waals surface area contributed by atoms with Crippen molar-refractivity contribution in [2.24, 2.45) is 17.2 Å². The smallest absolute Gasteiger partial charge is 0.550 e. The minimum absolute atomic E-state index is 0. The predicted octanol–water partition coefficient (Wildman–Crippen LogP) is -16.3. The molecule has 0 rings (SSSR count). The molecule has 0 aromatic rings. The molecule has 0 radical (unpaired) electrons. The fourth-order valence-corrected chi connectivity index (χ4v) is 1.39. The molecule has 0 bridgehead atoms. The molecule has 0 fully saturated rings. The SMILES string of the molecule is N[C@@H](CS)C(=O)O.N[C@@H](CS)C(=O)O.N[C@@H](CS)C(=O)O.O=C([O-])CC(O)(CC(=O)[O-])C(=O)[O-].[Na+].[Na+].[Na+]. The van der Waals surface area contributed by atoms with Crippen LogP contribution in [0.3, 0.4) is 0 Å². The molecule has 0 saturated heterocycles. The van der Waals surface area contributed by atoms with Crippen molar-refractivity contribution in [1.29, 1.82) is 0 Å². The number of hydrogen-bond donors (Lipinski definition) is 10. The first-order chi connectivity index (χ1) is 15.3. The Morgan fingerprint density at radius 3 is 0.865 bits per heavy atom. The Bertz CT molecular complexity index is 633. The average molecular weight is 622 g/mol. The van der Waals surface area contributed by atoms with Crippen LogP contribution in [0.4, 0.5) is 0 Å². The summed E-state index contributed by atoms with van der Waals surface area (Å²) in [4.78, 5) is 59.3. The Labute approximate surface area is 294 Å². The second-order valence-corrected chi connectivity index (χ2v) is 6.89. The summed E-state index contributed by atoms with van der Waals surface area (Å²) in [7, 11) is 0. The van der Waals surface area contributed by atoms with Gasteiger partial charge in [-0.1, -0.05) is 0 Å². The number of carbonyl (C=O) groups excluding carboxylic acids is 3. The Kier molecular flexibility index (Phi) is 45.5. The van der Waals surface area contributed by atoms with Crippen LogP contribution in [0.2, 0.25) is 0 Å². The van der Waals surface area contributed by atoms with E-state index in [4.69, 9.17) is 37.6 Å². The van der Waals surface area contributed by atoms with E-state index in [-0.39, 0.29) is 106 Å². The van der Waals surface area contributed by atoms with E-state index in [9.17, 15) is 44.1 Å². The molecular weight excluding hydrogens is 595 g/mol. The van der Waals surface area contributed by atoms with Crippen LogP contribution in [-0.2, 0) is 28.8 Å². The molecule has 0 aliphatic rings. The maximum atomic E-state index is 10.1. The second kappa shape index (κ2) is 31.2. The summed E-state index contributed by atoms with van der Waals surface area (Å²) >= 11 is 10.9. The number of rotatable bonds is 11. The number of aliphatic carboxylic acids is 6. The van der Waals surface area contributed by atoms with Gasteiger partial charge in [-0.05, 0) is 0 Å². The van der Waals surface area contributed by atoms with E-state index < -0.39 is 72.4 Å². The molecule has 22 heteroatoms. The van der Waals surface area contributed by atoms with Crippen molar-refractivity contribution >= 4 is 73.7 Å². The number of carboxylic acids is 6. The van der Waals surface area contributed by atoms with Crippen LogP contribution in [0.1, 0.15) is 12.8 Å². The van der Waals surface area contributed by atoms with Gasteiger partial charge in [0.05, 0.1) is 5.97 Å². The van der Waals surface area contributed by atoms with Crippen molar-refractivity contribution < 1.29 is 153 Å². The van der Waals surface area contributed by atoms with Gasteiger partial charge in [0.2, 0.25) is 0 Å². The number of hydrogen-bond acceptors (Lipinski definition) is 16. The first-order valence-corrected chi connectivity index (χ1v) is 10.3. The van der Waals surface area contributed by atoms with Crippen molar-refractivity contribution in [3.8, 4) is 0 Å². The van der Waals surface area contributed by atoms with Gasteiger partial charge < -0.3 is 67.3 Å². The summed E-state index contributed by atoms with van der Waals surface area (Å²) in [6, 6.07) is -2.45. The molecule has 0 aliphatic carbocycles. The fraction of sp³-hybridized carbons (Fsp3) is 0.600. The van der Waals surface area contributed by atoms with Crippen molar-refractivity contribution in [3.05, 3.63) is 0 Å². The standard InChI is InChI=1S/C6H8O7.3C3H7NO2S.3Na/c7-3(8)1-6(13,5(11)12)2-4(9)10;3*4-2(1-7)3(5)6;;;/h13H,1-2H2,(H,7,8)(H,9,10)(H,11,12);3*2,7H,1,4H2,(H,5,6);;;/q;;;;3*+1/p-3/t;3*2-;;;/m.000.../s1. The van der Waals surface area contributed by atoms with Gasteiger partial charge in [-0.2, -0.15) is 37.9 Å². The molecule has 0 spiro atoms. The molecule has 10 N–H and O–H groups in total. The Hall–Kier alpha value is 0.710. The van der Waals surface area contributed by atoms with Crippen LogP contribution >= 0.6 is 37.9 Å². The van der Waals surface area contributed by atoms with Crippen LogP contribution in [0, 0.1) is 0 Å². The fourth-order valence-electron chi connectivity index (χ4n) is 0.919. The number of carboxylic acid groups (broad SMARTS) is 6. The van der Waals surface area contributed by atoms with Gasteiger partial charge in [0, 0.05) is 42.0 Å². The van der Waals surface area contributed by atoms with Crippen LogP contribution in [-0.4, -0.2) is 97.2 Å². The monoisotopic (exact) mass is 621 g/mol. The summed E-state index contributed by atoms with van der Waals surface area (Å²) < 4.78 is 0. The molecule has 0 aromatic carbocycles. The first-order valence-electron chi connectivity index (χ1n) is 8.44. The maximum absolute atomic E-state index is 10.1. The van der Waals surface area contributed by atoms with E-state index in [0.29, 0.717) is 0 Å². The second-order valence-electron chi connectivity index (χ2n) is 5.80. The van der Waals surface area contributed by atoms with Gasteiger partial charge in [-0.3, -0.25) is 14.4 Å². The quantitative estimate of drug-likeness (QED) is 0.0756. The van der Waals surface area contributed by atoms with Gasteiger partial charge >= 0.3 is 107 Å². The molecule has 0 unspecified atom stereocenters. The van der Waals surface area contributed by atoms with E-state index in [2.05, 4.69) is 37.9 Å². The zero-order valence-corrected chi connectivity index (χ0v) is 29.0. The molecule has 0 aliphatic heterocycles. The van der Waals surface area contributed by atoms with Crippen molar-refractivity contribution in [2.45, 2.75) is 36.6 Å². The van der Waals surface area contributed by atoms with Gasteiger partial charge in [-0.25, -0.2) is 0 Å². The Morgan fingerprint density at radius 1 is 0.622 bits per heavy atom. The Balaban J connectivity index is -0.0000000660. The molecule has 16 nitrogen and oxygen atoms in total. The third-order valence-corrected chi connectivity index (χ3v) is 3.98. The minimum Gasteiger partial charge on any atom is -0.550 e. The summed E-state index contributed by atoms with van der Waals surface area (Å²) in [5.74, 6) is -8.43. The first kappa shape index (κ1) is 53.9. The third-order valence-electron chi connectivity index (χ3n) is 2.80. The van der Waals surface area contributed by atoms with Gasteiger partial charge in [0.15, 0.2) is 0 Å². The topological polar surface area (TPSA) is 331 Å². The predicted molar refractivity (Wildman–Crippen MR) is 118 cm³/mol. The van der Waals surface area contributed by atoms with E-state index in [1.165, 1.54) is 0 Å². The van der Waals surface area contributed by atoms with Gasteiger partial charge in [0.25, 0.3) is 0 Å². The zero-order chi connectivity index (χ0) is 28.2. The van der Waals surface area contributed by atoms with Crippen LogP contribution < -0.4 is 121 Å². The molecule has 0 amide bonds. The van der Waals surface area contributed by atoms with Crippen LogP contribution in [0.5, 0.6) is 0 Å². The zero-order valence-electron chi connectivity index (χ0n) is 20.3. The largest absolute Gasteiger partial charge is 1.00 e. The molecule has 3 atom stereocenters. The minimum atomic E-state index is -2.97. The molecule has 0 heterocycles. The average Bonchev–Trinajstić information content (AvgIpc) is 2.71. The molecule has 0 saturated carbocycles. The number of nitrogens with two attached hydrogens (primary N) is 3. The molecule has 200 valence electrons. The van der Waals surface area contributed by atoms with Crippen molar-refractivity contribution in [3.63, 3.8) is 0 Å². The number of aliphatic hydroxyl groups is 1. The third kappa shape index (κ3) is 36.7. The number of thiol groups is 3. The molecule has 0 aromatic heterocycles. The van der Waals surface area contributed by atoms with Crippen molar-refractivity contribution in [2.75, 3.05) is 17.3 Å². The molecular formula is C15H26N3Na3O13S3. The maximum Gasteiger partial charge on any atom is 1.00 e. The van der Waals surface area contributed by atoms with Gasteiger partial charge in [-0.15, -0.1) is 0 Å². The van der Waals surface area contributed by atoms with E-state index in [1.807, 2.05) is 0 Å². The normalized spacial score (nSPS) is 11.4. The number of carbonyl (C=O) groups is 6. The summed E-state index contributed by atoms with van der Waals surface area (Å²) in [5.41, 5.74) is 11.8. The molecule has 37 heavy (non-hydrogen) atoms. The van der Waals surface area contributed by atoms with E-state index >= 15 is 0 Å². The van der Waals surface area contributed by atoms with Crippen molar-refractivity contribution in [1.82, 2.24) is 0 Å². The van der Waals surface area contributed by atoms with E-state index in [1.54, 1.807) is 0 Å².